The molecule has 3 rings (SSSR count). The van der Waals surface area contributed by atoms with Gasteiger partial charge >= 0.3 is 0 Å². The molecule has 1 saturated heterocycles. The Labute approximate surface area is 128 Å². The van der Waals surface area contributed by atoms with E-state index in [2.05, 4.69) is 10.3 Å². The smallest absolute Gasteiger partial charge is 0.270 e. The van der Waals surface area contributed by atoms with Gasteiger partial charge in [0.05, 0.1) is 24.7 Å². The van der Waals surface area contributed by atoms with Crippen molar-refractivity contribution in [1.29, 1.82) is 0 Å². The third kappa shape index (κ3) is 3.01. The van der Waals surface area contributed by atoms with Gasteiger partial charge in [-0.1, -0.05) is 0 Å². The van der Waals surface area contributed by atoms with Crippen LogP contribution in [-0.4, -0.2) is 34.2 Å². The van der Waals surface area contributed by atoms with Gasteiger partial charge in [-0.05, 0) is 44.0 Å². The van der Waals surface area contributed by atoms with Gasteiger partial charge in [0.15, 0.2) is 0 Å². The second-order valence-electron chi connectivity index (χ2n) is 5.44. The van der Waals surface area contributed by atoms with Crippen molar-refractivity contribution in [2.75, 3.05) is 6.61 Å². The minimum Gasteiger partial charge on any atom is -0.376 e. The second-order valence-corrected chi connectivity index (χ2v) is 5.44. The Morgan fingerprint density at radius 1 is 1.45 bits per heavy atom. The number of halogens is 1. The van der Waals surface area contributed by atoms with Crippen LogP contribution in [0.25, 0.3) is 5.69 Å². The molecule has 1 amide bonds. The van der Waals surface area contributed by atoms with E-state index >= 15 is 0 Å². The third-order valence-corrected chi connectivity index (χ3v) is 3.86. The quantitative estimate of drug-likeness (QED) is 0.943. The number of nitrogens with zero attached hydrogens (tertiary/aromatic N) is 2. The molecule has 2 heterocycles. The molecule has 2 unspecified atom stereocenters. The minimum atomic E-state index is -0.318. The van der Waals surface area contributed by atoms with E-state index in [1.807, 2.05) is 6.92 Å². The van der Waals surface area contributed by atoms with Gasteiger partial charge in [-0.2, -0.15) is 0 Å². The minimum absolute atomic E-state index is 0.0612. The van der Waals surface area contributed by atoms with Crippen molar-refractivity contribution in [3.05, 3.63) is 48.3 Å². The number of amides is 1. The Balaban J connectivity index is 1.76. The zero-order chi connectivity index (χ0) is 15.5. The summed E-state index contributed by atoms with van der Waals surface area (Å²) >= 11 is 0. The molecule has 6 heteroatoms. The molecule has 22 heavy (non-hydrogen) atoms. The van der Waals surface area contributed by atoms with Gasteiger partial charge in [-0.25, -0.2) is 9.37 Å². The highest BCUT2D eigenvalue weighted by atomic mass is 19.1. The van der Waals surface area contributed by atoms with Crippen molar-refractivity contribution in [3.63, 3.8) is 0 Å². The molecule has 2 aromatic rings. The molecule has 0 saturated carbocycles. The Morgan fingerprint density at radius 3 is 2.91 bits per heavy atom. The number of carbonyl (C=O) groups excluding carboxylic acids is 1. The zero-order valence-electron chi connectivity index (χ0n) is 12.3. The molecule has 0 spiro atoms. The summed E-state index contributed by atoms with van der Waals surface area (Å²) in [6, 6.07) is 5.86. The molecular weight excluding hydrogens is 285 g/mol. The summed E-state index contributed by atoms with van der Waals surface area (Å²) in [5.74, 6) is -0.535. The van der Waals surface area contributed by atoms with E-state index in [1.54, 1.807) is 23.0 Å². The lowest BCUT2D eigenvalue weighted by molar-refractivity contribution is 0.0708. The maximum Gasteiger partial charge on any atom is 0.270 e. The van der Waals surface area contributed by atoms with Crippen molar-refractivity contribution < 1.29 is 13.9 Å². The number of ether oxygens (including phenoxy) is 1. The van der Waals surface area contributed by atoms with Gasteiger partial charge in [0, 0.05) is 12.3 Å². The van der Waals surface area contributed by atoms with Gasteiger partial charge < -0.3 is 10.1 Å². The predicted octanol–water partition coefficient (Wildman–Crippen LogP) is 2.31. The van der Waals surface area contributed by atoms with Gasteiger partial charge in [-0.3, -0.25) is 9.36 Å². The van der Waals surface area contributed by atoms with E-state index in [9.17, 15) is 9.18 Å². The summed E-state index contributed by atoms with van der Waals surface area (Å²) < 4.78 is 20.2. The average molecular weight is 303 g/mol. The fourth-order valence-electron chi connectivity index (χ4n) is 2.64. The van der Waals surface area contributed by atoms with Crippen LogP contribution < -0.4 is 5.32 Å². The highest BCUT2D eigenvalue weighted by molar-refractivity contribution is 5.93. The van der Waals surface area contributed by atoms with Crippen molar-refractivity contribution in [2.45, 2.75) is 31.9 Å². The lowest BCUT2D eigenvalue weighted by atomic mass is 10.1. The summed E-state index contributed by atoms with van der Waals surface area (Å²) in [4.78, 5) is 16.5. The summed E-state index contributed by atoms with van der Waals surface area (Å²) in [5.41, 5.74) is 1.10. The number of hydrogen-bond acceptors (Lipinski definition) is 3. The molecule has 1 aliphatic heterocycles. The molecule has 116 valence electrons. The summed E-state index contributed by atoms with van der Waals surface area (Å²) in [7, 11) is 0. The van der Waals surface area contributed by atoms with Gasteiger partial charge in [-0.15, -0.1) is 0 Å². The fraction of sp³-hybridized carbons (Fsp3) is 0.375. The SMILES string of the molecule is CC(NC(=O)c1cncn1-c1ccc(F)cc1)C1CCCO1. The first-order valence-corrected chi connectivity index (χ1v) is 7.36. The molecule has 1 aromatic carbocycles. The largest absolute Gasteiger partial charge is 0.376 e. The van der Waals surface area contributed by atoms with E-state index in [0.717, 1.165) is 19.4 Å². The monoisotopic (exact) mass is 303 g/mol. The lowest BCUT2D eigenvalue weighted by Crippen LogP contribution is -2.41. The number of benzene rings is 1. The molecule has 1 aromatic heterocycles. The van der Waals surface area contributed by atoms with E-state index in [0.29, 0.717) is 11.4 Å². The number of hydrogen-bond donors (Lipinski definition) is 1. The van der Waals surface area contributed by atoms with Gasteiger partial charge in [0.2, 0.25) is 0 Å². The van der Waals surface area contributed by atoms with Crippen LogP contribution >= 0.6 is 0 Å². The predicted molar refractivity (Wildman–Crippen MR) is 79.4 cm³/mol. The Morgan fingerprint density at radius 2 is 2.23 bits per heavy atom. The van der Waals surface area contributed by atoms with Crippen molar-refractivity contribution in [3.8, 4) is 5.69 Å². The standard InChI is InChI=1S/C16H18FN3O2/c1-11(15-3-2-8-22-15)19-16(21)14-9-18-10-20(14)13-6-4-12(17)5-7-13/h4-7,9-11,15H,2-3,8H2,1H3,(H,19,21). The van der Waals surface area contributed by atoms with Gasteiger partial charge in [0.25, 0.3) is 5.91 Å². The molecule has 1 aliphatic rings. The normalized spacial score (nSPS) is 19.1. The zero-order valence-corrected chi connectivity index (χ0v) is 12.3. The van der Waals surface area contributed by atoms with E-state index in [-0.39, 0.29) is 23.9 Å². The van der Waals surface area contributed by atoms with Crippen LogP contribution in [0.2, 0.25) is 0 Å². The second kappa shape index (κ2) is 6.27. The summed E-state index contributed by atoms with van der Waals surface area (Å²) in [6.07, 6.45) is 5.09. The highest BCUT2D eigenvalue weighted by Gasteiger charge is 2.25. The van der Waals surface area contributed by atoms with E-state index in [1.165, 1.54) is 18.3 Å². The van der Waals surface area contributed by atoms with Crippen molar-refractivity contribution in [1.82, 2.24) is 14.9 Å². The molecule has 5 nitrogen and oxygen atoms in total. The molecule has 1 fully saturated rings. The van der Waals surface area contributed by atoms with Crippen molar-refractivity contribution >= 4 is 5.91 Å². The van der Waals surface area contributed by atoms with Crippen LogP contribution in [-0.2, 0) is 4.74 Å². The Kier molecular flexibility index (Phi) is 4.20. The summed E-state index contributed by atoms with van der Waals surface area (Å²) in [6.45, 7) is 2.69. The van der Waals surface area contributed by atoms with Crippen molar-refractivity contribution in [2.24, 2.45) is 0 Å². The van der Waals surface area contributed by atoms with E-state index < -0.39 is 0 Å². The molecule has 0 radical (unpaired) electrons. The number of imidazole rings is 1. The Hall–Kier alpha value is -2.21. The van der Waals surface area contributed by atoms with Crippen LogP contribution in [0.4, 0.5) is 4.39 Å². The highest BCUT2D eigenvalue weighted by Crippen LogP contribution is 2.17. The first-order chi connectivity index (χ1) is 10.6. The van der Waals surface area contributed by atoms with Crippen LogP contribution in [0.3, 0.4) is 0 Å². The molecular formula is C16H18FN3O2. The topological polar surface area (TPSA) is 56.2 Å². The first kappa shape index (κ1) is 14.7. The number of carbonyl (C=O) groups is 1. The number of nitrogens with one attached hydrogen (secondary N) is 1. The van der Waals surface area contributed by atoms with E-state index in [4.69, 9.17) is 4.74 Å². The summed E-state index contributed by atoms with van der Waals surface area (Å²) in [5, 5.41) is 2.95. The van der Waals surface area contributed by atoms with Crippen LogP contribution in [0.5, 0.6) is 0 Å². The molecule has 0 bridgehead atoms. The fourth-order valence-corrected chi connectivity index (χ4v) is 2.64. The molecule has 1 N–H and O–H groups in total. The average Bonchev–Trinajstić information content (AvgIpc) is 3.19. The third-order valence-electron chi connectivity index (χ3n) is 3.86. The molecule has 2 atom stereocenters. The Bertz CT molecular complexity index is 648. The van der Waals surface area contributed by atoms with Gasteiger partial charge in [0.1, 0.15) is 11.5 Å². The van der Waals surface area contributed by atoms with Crippen LogP contribution in [0, 0.1) is 5.82 Å². The van der Waals surface area contributed by atoms with Crippen LogP contribution in [0.15, 0.2) is 36.8 Å². The maximum absolute atomic E-state index is 13.0. The first-order valence-electron chi connectivity index (χ1n) is 7.36. The number of rotatable bonds is 4. The maximum atomic E-state index is 13.0. The van der Waals surface area contributed by atoms with Crippen LogP contribution in [0.1, 0.15) is 30.3 Å². The number of aromatic nitrogens is 2. The lowest BCUT2D eigenvalue weighted by Gasteiger charge is -2.20. The molecule has 0 aliphatic carbocycles.